The van der Waals surface area contributed by atoms with Crippen LogP contribution in [0, 0.1) is 5.82 Å². The topological polar surface area (TPSA) is 99.8 Å². The maximum absolute atomic E-state index is 13.8. The van der Waals surface area contributed by atoms with Crippen LogP contribution in [0.15, 0.2) is 48.5 Å². The van der Waals surface area contributed by atoms with Crippen molar-refractivity contribution in [2.45, 2.75) is 39.0 Å². The molecule has 8 nitrogen and oxygen atoms in total. The molecule has 1 aliphatic heterocycles. The lowest BCUT2D eigenvalue weighted by Crippen LogP contribution is -2.54. The highest BCUT2D eigenvalue weighted by Gasteiger charge is 2.33. The Morgan fingerprint density at radius 2 is 1.91 bits per heavy atom. The molecule has 0 fully saturated rings. The normalized spacial score (nSPS) is 15.8. The number of nitrogens with zero attached hydrogens (tertiary/aromatic N) is 1. The highest BCUT2D eigenvalue weighted by atomic mass is 19.1. The minimum Gasteiger partial charge on any atom is -0.445 e. The van der Waals surface area contributed by atoms with E-state index in [4.69, 9.17) is 4.74 Å². The Hall–Kier alpha value is -3.62. The van der Waals surface area contributed by atoms with E-state index in [0.717, 1.165) is 5.56 Å². The van der Waals surface area contributed by atoms with Gasteiger partial charge in [0.15, 0.2) is 0 Å². The van der Waals surface area contributed by atoms with Gasteiger partial charge >= 0.3 is 6.09 Å². The molecule has 1 atom stereocenters. The van der Waals surface area contributed by atoms with Crippen LogP contribution in [-0.2, 0) is 20.9 Å². The molecule has 0 radical (unpaired) electrons. The van der Waals surface area contributed by atoms with Gasteiger partial charge in [0.05, 0.1) is 11.4 Å². The van der Waals surface area contributed by atoms with Crippen LogP contribution in [0.1, 0.15) is 26.3 Å². The summed E-state index contributed by atoms with van der Waals surface area (Å²) in [5.74, 6) is -1.38. The first-order valence-corrected chi connectivity index (χ1v) is 10.3. The zero-order valence-electron chi connectivity index (χ0n) is 18.3. The van der Waals surface area contributed by atoms with Crippen molar-refractivity contribution in [2.75, 3.05) is 23.3 Å². The SMILES string of the molecule is CC(C)(C)NC(=O)CN1C(=O)[C@@H](NC(=O)OCc2ccccc2)CNc2cc(F)ccc21. The van der Waals surface area contributed by atoms with Gasteiger partial charge in [0.1, 0.15) is 25.0 Å². The quantitative estimate of drug-likeness (QED) is 0.661. The lowest BCUT2D eigenvalue weighted by molar-refractivity contribution is -0.125. The summed E-state index contributed by atoms with van der Waals surface area (Å²) < 4.78 is 19.0. The molecule has 3 amide bonds. The van der Waals surface area contributed by atoms with Crippen LogP contribution in [0.2, 0.25) is 0 Å². The average molecular weight is 442 g/mol. The van der Waals surface area contributed by atoms with Crippen molar-refractivity contribution >= 4 is 29.3 Å². The lowest BCUT2D eigenvalue weighted by atomic mass is 10.1. The molecular weight excluding hydrogens is 415 g/mol. The Balaban J connectivity index is 1.75. The van der Waals surface area contributed by atoms with Gasteiger partial charge in [-0.15, -0.1) is 0 Å². The number of benzene rings is 2. The third-order valence-corrected chi connectivity index (χ3v) is 4.63. The molecule has 2 aromatic rings. The monoisotopic (exact) mass is 442 g/mol. The fourth-order valence-electron chi connectivity index (χ4n) is 3.28. The van der Waals surface area contributed by atoms with E-state index in [2.05, 4.69) is 16.0 Å². The molecule has 2 aromatic carbocycles. The summed E-state index contributed by atoms with van der Waals surface area (Å²) in [6.45, 7) is 5.25. The molecule has 0 unspecified atom stereocenters. The molecule has 170 valence electrons. The van der Waals surface area contributed by atoms with E-state index < -0.39 is 29.4 Å². The molecule has 0 spiro atoms. The molecule has 32 heavy (non-hydrogen) atoms. The minimum absolute atomic E-state index is 0.00706. The highest BCUT2D eigenvalue weighted by Crippen LogP contribution is 2.29. The second-order valence-electron chi connectivity index (χ2n) is 8.52. The highest BCUT2D eigenvalue weighted by molar-refractivity contribution is 6.06. The molecule has 0 aliphatic carbocycles. The van der Waals surface area contributed by atoms with E-state index in [-0.39, 0.29) is 25.6 Å². The van der Waals surface area contributed by atoms with Gasteiger partial charge in [-0.25, -0.2) is 9.18 Å². The Kier molecular flexibility index (Phi) is 6.97. The molecule has 9 heteroatoms. The summed E-state index contributed by atoms with van der Waals surface area (Å²) in [6.07, 6.45) is -0.773. The van der Waals surface area contributed by atoms with E-state index in [1.165, 1.54) is 23.1 Å². The van der Waals surface area contributed by atoms with Gasteiger partial charge in [0.25, 0.3) is 5.91 Å². The third kappa shape index (κ3) is 6.19. The van der Waals surface area contributed by atoms with Gasteiger partial charge in [-0.05, 0) is 44.5 Å². The Labute approximate surface area is 186 Å². The summed E-state index contributed by atoms with van der Waals surface area (Å²) in [5, 5.41) is 8.32. The minimum atomic E-state index is -1.02. The number of carbonyl (C=O) groups is 3. The summed E-state index contributed by atoms with van der Waals surface area (Å²) in [6, 6.07) is 12.0. The fourth-order valence-corrected chi connectivity index (χ4v) is 3.28. The van der Waals surface area contributed by atoms with Gasteiger partial charge in [-0.2, -0.15) is 0 Å². The smallest absolute Gasteiger partial charge is 0.408 e. The zero-order chi connectivity index (χ0) is 23.3. The molecular formula is C23H27FN4O4. The number of hydrogen-bond acceptors (Lipinski definition) is 5. The number of alkyl carbamates (subject to hydrolysis) is 1. The van der Waals surface area contributed by atoms with Gasteiger partial charge in [0.2, 0.25) is 5.91 Å². The van der Waals surface area contributed by atoms with Crippen molar-refractivity contribution < 1.29 is 23.5 Å². The number of carbonyl (C=O) groups excluding carboxylic acids is 3. The van der Waals surface area contributed by atoms with Crippen LogP contribution in [0.4, 0.5) is 20.6 Å². The molecule has 1 aliphatic rings. The molecule has 3 rings (SSSR count). The van der Waals surface area contributed by atoms with Crippen LogP contribution < -0.4 is 20.9 Å². The molecule has 3 N–H and O–H groups in total. The third-order valence-electron chi connectivity index (χ3n) is 4.63. The van der Waals surface area contributed by atoms with Crippen molar-refractivity contribution in [3.63, 3.8) is 0 Å². The van der Waals surface area contributed by atoms with Gasteiger partial charge in [-0.1, -0.05) is 30.3 Å². The van der Waals surface area contributed by atoms with E-state index in [1.54, 1.807) is 0 Å². The molecule has 0 saturated heterocycles. The number of hydrogen-bond donors (Lipinski definition) is 3. The standard InChI is InChI=1S/C23H27FN4O4/c1-23(2,3)27-20(29)13-28-19-10-9-16(24)11-17(19)25-12-18(21(28)30)26-22(31)32-14-15-7-5-4-6-8-15/h4-11,18,25H,12-14H2,1-3H3,(H,26,31)(H,27,29)/t18-/m0/s1. The first kappa shape index (κ1) is 23.1. The molecule has 1 heterocycles. The number of fused-ring (bicyclic) bond motifs is 1. The van der Waals surface area contributed by atoms with E-state index in [9.17, 15) is 18.8 Å². The Morgan fingerprint density at radius 3 is 2.59 bits per heavy atom. The number of amides is 3. The van der Waals surface area contributed by atoms with Gasteiger partial charge in [0, 0.05) is 12.1 Å². The van der Waals surface area contributed by atoms with Crippen molar-refractivity contribution in [3.8, 4) is 0 Å². The van der Waals surface area contributed by atoms with Crippen molar-refractivity contribution in [2.24, 2.45) is 0 Å². The summed E-state index contributed by atoms with van der Waals surface area (Å²) in [5.41, 5.74) is 1.01. The van der Waals surface area contributed by atoms with Crippen LogP contribution in [0.5, 0.6) is 0 Å². The number of ether oxygens (including phenoxy) is 1. The number of rotatable bonds is 5. The van der Waals surface area contributed by atoms with Crippen molar-refractivity contribution in [1.29, 1.82) is 0 Å². The lowest BCUT2D eigenvalue weighted by Gasteiger charge is -2.27. The van der Waals surface area contributed by atoms with Gasteiger partial charge < -0.3 is 20.7 Å². The second kappa shape index (κ2) is 9.67. The number of halogens is 1. The Bertz CT molecular complexity index is 991. The maximum Gasteiger partial charge on any atom is 0.408 e. The molecule has 0 bridgehead atoms. The van der Waals surface area contributed by atoms with Crippen molar-refractivity contribution in [1.82, 2.24) is 10.6 Å². The first-order valence-electron chi connectivity index (χ1n) is 10.3. The van der Waals surface area contributed by atoms with Crippen LogP contribution in [0.25, 0.3) is 0 Å². The Morgan fingerprint density at radius 1 is 1.19 bits per heavy atom. The average Bonchev–Trinajstić information content (AvgIpc) is 2.84. The molecule has 0 saturated carbocycles. The van der Waals surface area contributed by atoms with E-state index >= 15 is 0 Å². The molecule has 0 aromatic heterocycles. The van der Waals surface area contributed by atoms with E-state index in [1.807, 2.05) is 51.1 Å². The number of anilines is 2. The van der Waals surface area contributed by atoms with Crippen LogP contribution >= 0.6 is 0 Å². The summed E-state index contributed by atoms with van der Waals surface area (Å²) >= 11 is 0. The van der Waals surface area contributed by atoms with Crippen LogP contribution in [-0.4, -0.2) is 42.6 Å². The maximum atomic E-state index is 13.8. The first-order chi connectivity index (χ1) is 15.1. The van der Waals surface area contributed by atoms with Crippen LogP contribution in [0.3, 0.4) is 0 Å². The number of nitrogens with one attached hydrogen (secondary N) is 3. The van der Waals surface area contributed by atoms with Crippen molar-refractivity contribution in [3.05, 3.63) is 59.9 Å². The van der Waals surface area contributed by atoms with E-state index in [0.29, 0.717) is 11.4 Å². The van der Waals surface area contributed by atoms with Gasteiger partial charge in [-0.3, -0.25) is 14.5 Å². The summed E-state index contributed by atoms with van der Waals surface area (Å²) in [7, 11) is 0. The summed E-state index contributed by atoms with van der Waals surface area (Å²) in [4.78, 5) is 39.3. The predicted octanol–water partition coefficient (Wildman–Crippen LogP) is 2.79. The fraction of sp³-hybridized carbons (Fsp3) is 0.348. The largest absolute Gasteiger partial charge is 0.445 e. The predicted molar refractivity (Wildman–Crippen MR) is 119 cm³/mol. The zero-order valence-corrected chi connectivity index (χ0v) is 18.3. The second-order valence-corrected chi connectivity index (χ2v) is 8.52.